The highest BCUT2D eigenvalue weighted by atomic mass is 16.2. The van der Waals surface area contributed by atoms with Crippen LogP contribution in [0, 0.1) is 0 Å². The molecule has 1 saturated heterocycles. The first-order valence-corrected chi connectivity index (χ1v) is 4.18. The quantitative estimate of drug-likeness (QED) is 0.649. The number of nitrogens with one attached hydrogen (secondary N) is 1. The Hall–Kier alpha value is -1.91. The van der Waals surface area contributed by atoms with Crippen LogP contribution in [0.3, 0.4) is 0 Å². The van der Waals surface area contributed by atoms with Crippen LogP contribution in [0.1, 0.15) is 11.6 Å². The Morgan fingerprint density at radius 2 is 2.00 bits per heavy atom. The zero-order chi connectivity index (χ0) is 10.1. The fourth-order valence-electron chi connectivity index (χ4n) is 1.36. The molecule has 1 aliphatic heterocycles. The highest BCUT2D eigenvalue weighted by Gasteiger charge is 2.36. The van der Waals surface area contributed by atoms with E-state index in [2.05, 4.69) is 10.3 Å². The average molecular weight is 191 g/mol. The number of carbonyl (C=O) groups excluding carboxylic acids is 2. The summed E-state index contributed by atoms with van der Waals surface area (Å²) in [6, 6.07) is 2.50. The van der Waals surface area contributed by atoms with Crippen LogP contribution in [0.25, 0.3) is 0 Å². The highest BCUT2D eigenvalue weighted by molar-refractivity contribution is 6.04. The van der Waals surface area contributed by atoms with Crippen molar-refractivity contribution in [2.75, 3.05) is 7.05 Å². The zero-order valence-electron chi connectivity index (χ0n) is 7.60. The lowest BCUT2D eigenvalue weighted by Gasteiger charge is -2.06. The van der Waals surface area contributed by atoms with Gasteiger partial charge in [0.05, 0.1) is 0 Å². The monoisotopic (exact) mass is 191 g/mol. The molecule has 2 heterocycles. The summed E-state index contributed by atoms with van der Waals surface area (Å²) in [6.07, 6.45) is 3.18. The molecule has 2 rings (SSSR count). The second-order valence-electron chi connectivity index (χ2n) is 3.06. The first kappa shape index (κ1) is 8.68. The fraction of sp³-hybridized carbons (Fsp3) is 0.222. The van der Waals surface area contributed by atoms with Gasteiger partial charge in [-0.15, -0.1) is 0 Å². The van der Waals surface area contributed by atoms with Crippen LogP contribution >= 0.6 is 0 Å². The number of hydrogen-bond acceptors (Lipinski definition) is 3. The Balaban J connectivity index is 2.30. The molecule has 1 unspecified atom stereocenters. The first-order chi connectivity index (χ1) is 6.70. The summed E-state index contributed by atoms with van der Waals surface area (Å²) in [6.45, 7) is 0. The molecule has 1 aromatic heterocycles. The molecule has 0 bridgehead atoms. The summed E-state index contributed by atoms with van der Waals surface area (Å²) in [5.74, 6) is -0.235. The summed E-state index contributed by atoms with van der Waals surface area (Å²) < 4.78 is 0. The Morgan fingerprint density at radius 3 is 2.50 bits per heavy atom. The molecule has 5 nitrogen and oxygen atoms in total. The van der Waals surface area contributed by atoms with Crippen LogP contribution in [0.2, 0.25) is 0 Å². The highest BCUT2D eigenvalue weighted by Crippen LogP contribution is 2.19. The minimum Gasteiger partial charge on any atom is -0.322 e. The third kappa shape index (κ3) is 1.22. The van der Waals surface area contributed by atoms with E-state index in [1.54, 1.807) is 24.5 Å². The van der Waals surface area contributed by atoms with Crippen molar-refractivity contribution in [2.45, 2.75) is 6.04 Å². The Labute approximate surface area is 80.7 Å². The number of hydrogen-bond donors (Lipinski definition) is 1. The fourth-order valence-corrected chi connectivity index (χ4v) is 1.36. The molecule has 72 valence electrons. The van der Waals surface area contributed by atoms with Gasteiger partial charge in [-0.25, -0.2) is 4.79 Å². The first-order valence-electron chi connectivity index (χ1n) is 4.18. The van der Waals surface area contributed by atoms with E-state index in [1.165, 1.54) is 7.05 Å². The number of nitrogens with zero attached hydrogens (tertiary/aromatic N) is 2. The van der Waals surface area contributed by atoms with Gasteiger partial charge in [-0.2, -0.15) is 0 Å². The molecule has 1 N–H and O–H groups in total. The van der Waals surface area contributed by atoms with Gasteiger partial charge in [0.15, 0.2) is 0 Å². The maximum atomic E-state index is 11.5. The van der Waals surface area contributed by atoms with Crippen LogP contribution < -0.4 is 5.32 Å². The van der Waals surface area contributed by atoms with E-state index >= 15 is 0 Å². The Bertz CT molecular complexity index is 377. The molecule has 1 atom stereocenters. The van der Waals surface area contributed by atoms with Crippen molar-refractivity contribution in [3.05, 3.63) is 30.1 Å². The van der Waals surface area contributed by atoms with Gasteiger partial charge in [-0.3, -0.25) is 14.7 Å². The summed E-state index contributed by atoms with van der Waals surface area (Å²) in [4.78, 5) is 27.6. The third-order valence-electron chi connectivity index (χ3n) is 2.19. The van der Waals surface area contributed by atoms with Gasteiger partial charge in [0.2, 0.25) is 0 Å². The summed E-state index contributed by atoms with van der Waals surface area (Å²) in [5, 5.41) is 2.58. The molecular formula is C9H9N3O2. The number of likely N-dealkylation sites (N-methyl/N-ethyl adjacent to an activating group) is 1. The summed E-state index contributed by atoms with van der Waals surface area (Å²) in [5.41, 5.74) is 0.753. The maximum absolute atomic E-state index is 11.5. The van der Waals surface area contributed by atoms with Crippen LogP contribution in [0.15, 0.2) is 24.5 Å². The molecule has 0 aromatic carbocycles. The van der Waals surface area contributed by atoms with Crippen molar-refractivity contribution < 1.29 is 9.59 Å². The van der Waals surface area contributed by atoms with Gasteiger partial charge in [0.1, 0.15) is 6.04 Å². The molecule has 0 spiro atoms. The number of carbonyl (C=O) groups is 2. The molecule has 1 aromatic rings. The number of pyridine rings is 1. The van der Waals surface area contributed by atoms with E-state index in [9.17, 15) is 9.59 Å². The summed E-state index contributed by atoms with van der Waals surface area (Å²) in [7, 11) is 1.46. The SMILES string of the molecule is CN1C(=O)NC(c2ccncc2)C1=O. The lowest BCUT2D eigenvalue weighted by Crippen LogP contribution is -2.25. The normalized spacial score (nSPS) is 21.2. The van der Waals surface area contributed by atoms with Gasteiger partial charge in [-0.1, -0.05) is 0 Å². The third-order valence-corrected chi connectivity index (χ3v) is 2.19. The standard InChI is InChI=1S/C9H9N3O2/c1-12-8(13)7(11-9(12)14)6-2-4-10-5-3-6/h2-5,7H,1H3,(H,11,14). The van der Waals surface area contributed by atoms with E-state index in [1.807, 2.05) is 0 Å². The molecular weight excluding hydrogens is 182 g/mol. The van der Waals surface area contributed by atoms with E-state index in [-0.39, 0.29) is 11.9 Å². The van der Waals surface area contributed by atoms with Crippen molar-refractivity contribution in [2.24, 2.45) is 0 Å². The van der Waals surface area contributed by atoms with Crippen LogP contribution in [-0.4, -0.2) is 28.9 Å². The molecule has 0 aliphatic carbocycles. The minimum absolute atomic E-state index is 0.235. The molecule has 1 fully saturated rings. The molecule has 5 heteroatoms. The van der Waals surface area contributed by atoms with Gasteiger partial charge in [0, 0.05) is 19.4 Å². The molecule has 14 heavy (non-hydrogen) atoms. The number of rotatable bonds is 1. The number of imide groups is 1. The van der Waals surface area contributed by atoms with Gasteiger partial charge in [0.25, 0.3) is 5.91 Å². The van der Waals surface area contributed by atoms with Crippen LogP contribution in [0.4, 0.5) is 4.79 Å². The second kappa shape index (κ2) is 3.10. The largest absolute Gasteiger partial charge is 0.324 e. The van der Waals surface area contributed by atoms with Gasteiger partial charge < -0.3 is 5.32 Å². The molecule has 3 amide bonds. The summed E-state index contributed by atoms with van der Waals surface area (Å²) >= 11 is 0. The molecule has 0 saturated carbocycles. The van der Waals surface area contributed by atoms with Crippen LogP contribution in [0.5, 0.6) is 0 Å². The predicted octanol–water partition coefficient (Wildman–Crippen LogP) is 0.304. The molecule has 0 radical (unpaired) electrons. The van der Waals surface area contributed by atoms with E-state index in [0.717, 1.165) is 10.5 Å². The topological polar surface area (TPSA) is 62.3 Å². The van der Waals surface area contributed by atoms with Gasteiger partial charge >= 0.3 is 6.03 Å². The lowest BCUT2D eigenvalue weighted by molar-refractivity contribution is -0.126. The zero-order valence-corrected chi connectivity index (χ0v) is 7.60. The van der Waals surface area contributed by atoms with Crippen molar-refractivity contribution in [3.63, 3.8) is 0 Å². The van der Waals surface area contributed by atoms with Crippen molar-refractivity contribution in [3.8, 4) is 0 Å². The molecule has 1 aliphatic rings. The van der Waals surface area contributed by atoms with Crippen molar-refractivity contribution >= 4 is 11.9 Å². The minimum atomic E-state index is -0.560. The number of aromatic nitrogens is 1. The van der Waals surface area contributed by atoms with E-state index < -0.39 is 6.04 Å². The Kier molecular flexibility index (Phi) is 1.92. The average Bonchev–Trinajstić information content (AvgIpc) is 2.47. The lowest BCUT2D eigenvalue weighted by atomic mass is 10.1. The van der Waals surface area contributed by atoms with E-state index in [0.29, 0.717) is 0 Å². The van der Waals surface area contributed by atoms with Crippen molar-refractivity contribution in [1.29, 1.82) is 0 Å². The van der Waals surface area contributed by atoms with E-state index in [4.69, 9.17) is 0 Å². The number of amides is 3. The van der Waals surface area contributed by atoms with Gasteiger partial charge in [-0.05, 0) is 17.7 Å². The predicted molar refractivity (Wildman–Crippen MR) is 48.3 cm³/mol. The number of urea groups is 1. The van der Waals surface area contributed by atoms with Crippen LogP contribution in [-0.2, 0) is 4.79 Å². The van der Waals surface area contributed by atoms with Crippen molar-refractivity contribution in [1.82, 2.24) is 15.2 Å². The Morgan fingerprint density at radius 1 is 1.36 bits per heavy atom. The maximum Gasteiger partial charge on any atom is 0.324 e. The smallest absolute Gasteiger partial charge is 0.322 e. The second-order valence-corrected chi connectivity index (χ2v) is 3.06.